The second-order valence-electron chi connectivity index (χ2n) is 6.46. The predicted octanol–water partition coefficient (Wildman–Crippen LogP) is 3.74. The fourth-order valence-electron chi connectivity index (χ4n) is 2.79. The van der Waals surface area contributed by atoms with Crippen molar-refractivity contribution in [1.29, 1.82) is 0 Å². The first kappa shape index (κ1) is 17.0. The smallest absolute Gasteiger partial charge is 0.241 e. The van der Waals surface area contributed by atoms with Gasteiger partial charge in [0.25, 0.3) is 0 Å². The van der Waals surface area contributed by atoms with Gasteiger partial charge >= 0.3 is 0 Å². The fraction of sp³-hybridized carbons (Fsp3) is 0.368. The maximum atomic E-state index is 12.8. The van der Waals surface area contributed by atoms with Crippen LogP contribution >= 0.6 is 0 Å². The first-order valence-corrected chi connectivity index (χ1v) is 9.62. The van der Waals surface area contributed by atoms with Crippen molar-refractivity contribution in [2.45, 2.75) is 37.6 Å². The van der Waals surface area contributed by atoms with Crippen LogP contribution in [0.15, 0.2) is 47.4 Å². The van der Waals surface area contributed by atoms with Gasteiger partial charge in [-0.05, 0) is 73.6 Å². The van der Waals surface area contributed by atoms with Gasteiger partial charge in [0.05, 0.1) is 12.0 Å². The molecule has 128 valence electrons. The molecule has 1 fully saturated rings. The predicted molar refractivity (Wildman–Crippen MR) is 94.7 cm³/mol. The molecule has 0 amide bonds. The van der Waals surface area contributed by atoms with Gasteiger partial charge in [-0.25, -0.2) is 13.1 Å². The van der Waals surface area contributed by atoms with Crippen molar-refractivity contribution < 1.29 is 13.2 Å². The van der Waals surface area contributed by atoms with Gasteiger partial charge in [0.2, 0.25) is 10.0 Å². The highest BCUT2D eigenvalue weighted by Gasteiger charge is 2.35. The molecule has 0 heterocycles. The minimum absolute atomic E-state index is 0.192. The lowest BCUT2D eigenvalue weighted by Crippen LogP contribution is -2.30. The lowest BCUT2D eigenvalue weighted by Gasteiger charge is -2.19. The van der Waals surface area contributed by atoms with Crippen molar-refractivity contribution >= 4 is 10.0 Å². The van der Waals surface area contributed by atoms with E-state index in [2.05, 4.69) is 4.72 Å². The molecule has 1 atom stereocenters. The Morgan fingerprint density at radius 2 is 1.71 bits per heavy atom. The van der Waals surface area contributed by atoms with Crippen LogP contribution in [0, 0.1) is 19.8 Å². The molecule has 1 N–H and O–H groups in total. The number of methoxy groups -OCH3 is 1. The molecule has 0 bridgehead atoms. The van der Waals surface area contributed by atoms with E-state index in [1.165, 1.54) is 0 Å². The maximum absolute atomic E-state index is 12.8. The number of hydrogen-bond donors (Lipinski definition) is 1. The van der Waals surface area contributed by atoms with Crippen LogP contribution in [0.1, 0.15) is 35.6 Å². The molecule has 5 heteroatoms. The van der Waals surface area contributed by atoms with Crippen LogP contribution in [-0.4, -0.2) is 15.5 Å². The Bertz CT molecular complexity index is 824. The summed E-state index contributed by atoms with van der Waals surface area (Å²) in [7, 11) is -1.93. The van der Waals surface area contributed by atoms with Gasteiger partial charge in [-0.2, -0.15) is 0 Å². The van der Waals surface area contributed by atoms with E-state index in [9.17, 15) is 8.42 Å². The Balaban J connectivity index is 1.88. The van der Waals surface area contributed by atoms with Crippen LogP contribution in [0.5, 0.6) is 5.75 Å². The Hall–Kier alpha value is -1.85. The van der Waals surface area contributed by atoms with E-state index in [1.54, 1.807) is 19.2 Å². The lowest BCUT2D eigenvalue weighted by atomic mass is 10.0. The molecule has 1 aliphatic rings. The van der Waals surface area contributed by atoms with Crippen LogP contribution in [0.3, 0.4) is 0 Å². The van der Waals surface area contributed by atoms with E-state index in [-0.39, 0.29) is 6.04 Å². The van der Waals surface area contributed by atoms with Gasteiger partial charge in [-0.15, -0.1) is 0 Å². The van der Waals surface area contributed by atoms with E-state index in [0.717, 1.165) is 35.3 Å². The van der Waals surface area contributed by atoms with Crippen LogP contribution in [0.2, 0.25) is 0 Å². The van der Waals surface area contributed by atoms with Crippen molar-refractivity contribution in [1.82, 2.24) is 4.72 Å². The minimum Gasteiger partial charge on any atom is -0.497 e. The molecular formula is C19H23NO3S. The summed E-state index contributed by atoms with van der Waals surface area (Å²) in [5.41, 5.74) is 3.04. The normalized spacial score (nSPS) is 16.0. The largest absolute Gasteiger partial charge is 0.497 e. The number of hydrogen-bond acceptors (Lipinski definition) is 3. The summed E-state index contributed by atoms with van der Waals surface area (Å²) in [5, 5.41) is 0. The highest BCUT2D eigenvalue weighted by Crippen LogP contribution is 2.42. The van der Waals surface area contributed by atoms with E-state index in [1.807, 2.05) is 44.2 Å². The van der Waals surface area contributed by atoms with Crippen molar-refractivity contribution in [3.05, 3.63) is 59.2 Å². The molecule has 0 aromatic heterocycles. The zero-order valence-electron chi connectivity index (χ0n) is 14.2. The summed E-state index contributed by atoms with van der Waals surface area (Å²) in [6.07, 6.45) is 2.10. The monoisotopic (exact) mass is 345 g/mol. The summed E-state index contributed by atoms with van der Waals surface area (Å²) in [5.74, 6) is 1.13. The maximum Gasteiger partial charge on any atom is 0.241 e. The number of benzene rings is 2. The van der Waals surface area contributed by atoms with Gasteiger partial charge in [0, 0.05) is 6.04 Å². The first-order chi connectivity index (χ1) is 11.4. The lowest BCUT2D eigenvalue weighted by molar-refractivity contribution is 0.414. The first-order valence-electron chi connectivity index (χ1n) is 8.14. The Morgan fingerprint density at radius 3 is 2.25 bits per heavy atom. The quantitative estimate of drug-likeness (QED) is 0.868. The van der Waals surface area contributed by atoms with Crippen LogP contribution in [-0.2, 0) is 10.0 Å². The Kier molecular flexibility index (Phi) is 4.65. The summed E-state index contributed by atoms with van der Waals surface area (Å²) >= 11 is 0. The topological polar surface area (TPSA) is 55.4 Å². The summed E-state index contributed by atoms with van der Waals surface area (Å²) in [6.45, 7) is 3.90. The van der Waals surface area contributed by atoms with E-state index < -0.39 is 10.0 Å². The number of ether oxygens (including phenoxy) is 1. The minimum atomic E-state index is -3.55. The van der Waals surface area contributed by atoms with E-state index >= 15 is 0 Å². The van der Waals surface area contributed by atoms with Crippen LogP contribution < -0.4 is 9.46 Å². The molecule has 2 aromatic rings. The molecule has 4 nitrogen and oxygen atoms in total. The Morgan fingerprint density at radius 1 is 1.04 bits per heavy atom. The number of rotatable bonds is 6. The third-order valence-corrected chi connectivity index (χ3v) is 6.08. The molecule has 3 rings (SSSR count). The summed E-state index contributed by atoms with van der Waals surface area (Å²) < 4.78 is 33.7. The second-order valence-corrected chi connectivity index (χ2v) is 8.17. The van der Waals surface area contributed by atoms with Crippen LogP contribution in [0.4, 0.5) is 0 Å². The molecule has 0 spiro atoms. The average molecular weight is 345 g/mol. The number of sulfonamides is 1. The van der Waals surface area contributed by atoms with Crippen molar-refractivity contribution in [3.63, 3.8) is 0 Å². The SMILES string of the molecule is COc1ccc(C(NS(=O)(=O)c2ccc(C)c(C)c2)C2CC2)cc1. The molecule has 2 aromatic carbocycles. The highest BCUT2D eigenvalue weighted by molar-refractivity contribution is 7.89. The van der Waals surface area contributed by atoms with E-state index in [4.69, 9.17) is 4.74 Å². The second kappa shape index (κ2) is 6.57. The van der Waals surface area contributed by atoms with Gasteiger partial charge in [-0.3, -0.25) is 0 Å². The van der Waals surface area contributed by atoms with Crippen molar-refractivity contribution in [2.24, 2.45) is 5.92 Å². The Labute approximate surface area is 143 Å². The molecule has 0 radical (unpaired) electrons. The van der Waals surface area contributed by atoms with Gasteiger partial charge in [0.15, 0.2) is 0 Å². The third-order valence-electron chi connectivity index (χ3n) is 4.64. The third kappa shape index (κ3) is 3.62. The molecule has 1 unspecified atom stereocenters. The van der Waals surface area contributed by atoms with Gasteiger partial charge in [-0.1, -0.05) is 18.2 Å². The van der Waals surface area contributed by atoms with Crippen LogP contribution in [0.25, 0.3) is 0 Å². The molecular weight excluding hydrogens is 322 g/mol. The molecule has 1 saturated carbocycles. The highest BCUT2D eigenvalue weighted by atomic mass is 32.2. The summed E-state index contributed by atoms with van der Waals surface area (Å²) in [6, 6.07) is 12.7. The van der Waals surface area contributed by atoms with Crippen molar-refractivity contribution in [3.8, 4) is 5.75 Å². The zero-order chi connectivity index (χ0) is 17.3. The van der Waals surface area contributed by atoms with Crippen molar-refractivity contribution in [2.75, 3.05) is 7.11 Å². The molecule has 0 aliphatic heterocycles. The summed E-state index contributed by atoms with van der Waals surface area (Å²) in [4.78, 5) is 0.324. The number of aryl methyl sites for hydroxylation is 2. The van der Waals surface area contributed by atoms with Gasteiger partial charge in [0.1, 0.15) is 5.75 Å². The number of nitrogens with one attached hydrogen (secondary N) is 1. The van der Waals surface area contributed by atoms with Gasteiger partial charge < -0.3 is 4.74 Å². The zero-order valence-corrected chi connectivity index (χ0v) is 15.1. The standard InChI is InChI=1S/C19H23NO3S/c1-13-4-11-18(12-14(13)2)24(21,22)20-19(15-5-6-15)16-7-9-17(23-3)10-8-16/h4,7-12,15,19-20H,5-6H2,1-3H3. The fourth-order valence-corrected chi connectivity index (χ4v) is 4.17. The molecule has 0 saturated heterocycles. The molecule has 1 aliphatic carbocycles. The molecule has 24 heavy (non-hydrogen) atoms. The average Bonchev–Trinajstić information content (AvgIpc) is 3.40. The van der Waals surface area contributed by atoms with E-state index in [0.29, 0.717) is 10.8 Å².